The molecule has 0 atom stereocenters. The van der Waals surface area contributed by atoms with Crippen LogP contribution in [0.15, 0.2) is 22.3 Å². The van der Waals surface area contributed by atoms with Gasteiger partial charge in [-0.25, -0.2) is 4.98 Å². The number of amides is 1. The molecule has 1 N–H and O–H groups in total. The number of aromatic amines is 1. The van der Waals surface area contributed by atoms with E-state index in [0.717, 1.165) is 41.2 Å². The van der Waals surface area contributed by atoms with Gasteiger partial charge in [0.25, 0.3) is 5.56 Å². The summed E-state index contributed by atoms with van der Waals surface area (Å²) in [6.07, 6.45) is 2.21. The summed E-state index contributed by atoms with van der Waals surface area (Å²) in [6.45, 7) is 3.81. The van der Waals surface area contributed by atoms with Gasteiger partial charge in [-0.05, 0) is 31.9 Å². The van der Waals surface area contributed by atoms with Crippen molar-refractivity contribution in [2.75, 3.05) is 18.8 Å². The first-order chi connectivity index (χ1) is 12.6. The third kappa shape index (κ3) is 3.58. The van der Waals surface area contributed by atoms with Gasteiger partial charge in [-0.3, -0.25) is 9.59 Å². The van der Waals surface area contributed by atoms with Crippen molar-refractivity contribution in [2.24, 2.45) is 0 Å². The van der Waals surface area contributed by atoms with Gasteiger partial charge in [0, 0.05) is 33.8 Å². The zero-order valence-corrected chi connectivity index (χ0v) is 16.9. The number of fused-ring (bicyclic) bond motifs is 1. The van der Waals surface area contributed by atoms with Crippen LogP contribution in [0.1, 0.15) is 23.5 Å². The molecule has 136 valence electrons. The lowest BCUT2D eigenvalue weighted by Crippen LogP contribution is -2.29. The number of H-pyrrole nitrogens is 1. The van der Waals surface area contributed by atoms with Gasteiger partial charge in [0.2, 0.25) is 5.91 Å². The second-order valence-corrected chi connectivity index (χ2v) is 9.46. The fraction of sp³-hybridized carbons (Fsp3) is 0.389. The lowest BCUT2D eigenvalue weighted by molar-refractivity contribution is -0.127. The molecule has 0 radical (unpaired) electrons. The molecular formula is C18H19N3O2S3. The number of likely N-dealkylation sites (tertiary alicyclic amines) is 1. The molecule has 0 unspecified atom stereocenters. The van der Waals surface area contributed by atoms with Crippen molar-refractivity contribution >= 4 is 50.6 Å². The molecule has 5 nitrogen and oxygen atoms in total. The summed E-state index contributed by atoms with van der Waals surface area (Å²) in [6, 6.07) is 4.11. The van der Waals surface area contributed by atoms with Crippen LogP contribution in [-0.4, -0.2) is 39.6 Å². The number of carbonyl (C=O) groups excluding carboxylic acids is 1. The topological polar surface area (TPSA) is 66.1 Å². The lowest BCUT2D eigenvalue weighted by atomic mass is 10.2. The number of carbonyl (C=O) groups is 1. The average Bonchev–Trinajstić information content (AvgIpc) is 3.34. The van der Waals surface area contributed by atoms with Gasteiger partial charge in [0.1, 0.15) is 10.7 Å². The van der Waals surface area contributed by atoms with E-state index in [4.69, 9.17) is 0 Å². The van der Waals surface area contributed by atoms with Crippen LogP contribution in [0.4, 0.5) is 0 Å². The third-order valence-electron chi connectivity index (χ3n) is 4.42. The minimum Gasteiger partial charge on any atom is -0.342 e. The second kappa shape index (κ2) is 7.54. The maximum Gasteiger partial charge on any atom is 0.260 e. The second-order valence-electron chi connectivity index (χ2n) is 6.33. The Labute approximate surface area is 163 Å². The van der Waals surface area contributed by atoms with Crippen LogP contribution < -0.4 is 5.56 Å². The standard InChI is InChI=1S/C18H19N3O2S3/c1-11-4-5-13(26-11)12-8-25-18-16(12)17(23)19-14(20-18)9-24-10-15(22)21-6-2-3-7-21/h4-5,8H,2-3,6-7,9-10H2,1H3,(H,19,20,23). The monoisotopic (exact) mass is 405 g/mol. The van der Waals surface area contributed by atoms with Gasteiger partial charge in [-0.2, -0.15) is 0 Å². The number of nitrogens with zero attached hydrogens (tertiary/aromatic N) is 2. The Morgan fingerprint density at radius 2 is 2.15 bits per heavy atom. The van der Waals surface area contributed by atoms with Crippen LogP contribution in [0.2, 0.25) is 0 Å². The van der Waals surface area contributed by atoms with E-state index >= 15 is 0 Å². The Morgan fingerprint density at radius 3 is 2.88 bits per heavy atom. The molecule has 4 heterocycles. The van der Waals surface area contributed by atoms with Crippen molar-refractivity contribution in [2.45, 2.75) is 25.5 Å². The SMILES string of the molecule is Cc1ccc(-c2csc3nc(CSCC(=O)N4CCCC4)[nH]c(=O)c23)s1. The Balaban J connectivity index is 1.49. The molecule has 1 amide bonds. The fourth-order valence-corrected chi connectivity index (χ4v) is 5.83. The summed E-state index contributed by atoms with van der Waals surface area (Å²) >= 11 is 4.69. The first-order valence-corrected chi connectivity index (χ1v) is 11.4. The fourth-order valence-electron chi connectivity index (χ4n) is 3.12. The predicted molar refractivity (Wildman–Crippen MR) is 110 cm³/mol. The number of aryl methyl sites for hydroxylation is 1. The minimum absolute atomic E-state index is 0.0984. The quantitative estimate of drug-likeness (QED) is 0.700. The van der Waals surface area contributed by atoms with E-state index in [1.54, 1.807) is 11.3 Å². The molecular weight excluding hydrogens is 386 g/mol. The summed E-state index contributed by atoms with van der Waals surface area (Å²) < 4.78 is 0. The molecule has 1 aliphatic rings. The van der Waals surface area contributed by atoms with E-state index in [-0.39, 0.29) is 11.5 Å². The molecule has 26 heavy (non-hydrogen) atoms. The van der Waals surface area contributed by atoms with Crippen molar-refractivity contribution < 1.29 is 4.79 Å². The molecule has 0 bridgehead atoms. The molecule has 8 heteroatoms. The maximum atomic E-state index is 12.6. The van der Waals surface area contributed by atoms with Crippen molar-refractivity contribution in [3.8, 4) is 10.4 Å². The highest BCUT2D eigenvalue weighted by atomic mass is 32.2. The summed E-state index contributed by atoms with van der Waals surface area (Å²) in [7, 11) is 0. The Hall–Kier alpha value is -1.64. The first-order valence-electron chi connectivity index (χ1n) is 8.54. The minimum atomic E-state index is -0.0984. The Kier molecular flexibility index (Phi) is 5.15. The van der Waals surface area contributed by atoms with Crippen molar-refractivity contribution in [3.63, 3.8) is 0 Å². The number of hydrogen-bond donors (Lipinski definition) is 1. The summed E-state index contributed by atoms with van der Waals surface area (Å²) in [5, 5.41) is 2.67. The number of hydrogen-bond acceptors (Lipinski definition) is 6. The van der Waals surface area contributed by atoms with Gasteiger partial charge in [-0.1, -0.05) is 0 Å². The molecule has 1 saturated heterocycles. The van der Waals surface area contributed by atoms with Crippen LogP contribution in [-0.2, 0) is 10.5 Å². The highest BCUT2D eigenvalue weighted by Gasteiger charge is 2.18. The number of thioether (sulfide) groups is 1. The van der Waals surface area contributed by atoms with Crippen LogP contribution in [0.3, 0.4) is 0 Å². The van der Waals surface area contributed by atoms with Crippen LogP contribution >= 0.6 is 34.4 Å². The van der Waals surface area contributed by atoms with E-state index in [2.05, 4.69) is 29.0 Å². The van der Waals surface area contributed by atoms with Crippen molar-refractivity contribution in [1.82, 2.24) is 14.9 Å². The van der Waals surface area contributed by atoms with E-state index in [1.165, 1.54) is 28.0 Å². The van der Waals surface area contributed by atoms with E-state index < -0.39 is 0 Å². The Bertz CT molecular complexity index is 999. The zero-order chi connectivity index (χ0) is 18.1. The summed E-state index contributed by atoms with van der Waals surface area (Å²) in [4.78, 5) is 37.2. The molecule has 0 aromatic carbocycles. The molecule has 4 rings (SSSR count). The van der Waals surface area contributed by atoms with Crippen molar-refractivity contribution in [3.05, 3.63) is 38.6 Å². The van der Waals surface area contributed by atoms with Gasteiger partial charge >= 0.3 is 0 Å². The lowest BCUT2D eigenvalue weighted by Gasteiger charge is -2.14. The van der Waals surface area contributed by atoms with Gasteiger partial charge in [0.05, 0.1) is 16.9 Å². The van der Waals surface area contributed by atoms with Gasteiger partial charge in [0.15, 0.2) is 0 Å². The van der Waals surface area contributed by atoms with Crippen molar-refractivity contribution in [1.29, 1.82) is 0 Å². The van der Waals surface area contributed by atoms with Crippen LogP contribution in [0, 0.1) is 6.92 Å². The summed E-state index contributed by atoms with van der Waals surface area (Å²) in [5.74, 6) is 1.79. The molecule has 0 aliphatic carbocycles. The maximum absolute atomic E-state index is 12.6. The molecule has 0 saturated carbocycles. The number of nitrogens with one attached hydrogen (secondary N) is 1. The third-order valence-corrected chi connectivity index (χ3v) is 7.26. The number of rotatable bonds is 5. The number of aromatic nitrogens is 2. The average molecular weight is 406 g/mol. The first kappa shape index (κ1) is 17.8. The largest absolute Gasteiger partial charge is 0.342 e. The van der Waals surface area contributed by atoms with E-state index in [9.17, 15) is 9.59 Å². The van der Waals surface area contributed by atoms with Crippen LogP contribution in [0.25, 0.3) is 20.7 Å². The highest BCUT2D eigenvalue weighted by Crippen LogP contribution is 2.35. The molecule has 1 aliphatic heterocycles. The van der Waals surface area contributed by atoms with Crippen LogP contribution in [0.5, 0.6) is 0 Å². The van der Waals surface area contributed by atoms with E-state index in [1.807, 2.05) is 10.3 Å². The predicted octanol–water partition coefficient (Wildman–Crippen LogP) is 3.88. The number of thiophene rings is 2. The smallest absolute Gasteiger partial charge is 0.260 e. The molecule has 3 aromatic heterocycles. The summed E-state index contributed by atoms with van der Waals surface area (Å²) in [5.41, 5.74) is 0.860. The Morgan fingerprint density at radius 1 is 1.35 bits per heavy atom. The normalized spacial score (nSPS) is 14.4. The molecule has 3 aromatic rings. The van der Waals surface area contributed by atoms with E-state index in [0.29, 0.717) is 22.7 Å². The molecule has 0 spiro atoms. The van der Waals surface area contributed by atoms with Gasteiger partial charge < -0.3 is 9.88 Å². The zero-order valence-electron chi connectivity index (χ0n) is 14.4. The highest BCUT2D eigenvalue weighted by molar-refractivity contribution is 7.99. The van der Waals surface area contributed by atoms with Gasteiger partial charge in [-0.15, -0.1) is 34.4 Å². The molecule has 1 fully saturated rings.